The van der Waals surface area contributed by atoms with E-state index in [2.05, 4.69) is 73.4 Å². The van der Waals surface area contributed by atoms with Crippen LogP contribution in [0.15, 0.2) is 83.4 Å². The number of fused-ring (bicyclic) bond motifs is 2. The Hall–Kier alpha value is -3.39. The second-order valence-electron chi connectivity index (χ2n) is 7.12. The maximum absolute atomic E-state index is 6.03. The van der Waals surface area contributed by atoms with Crippen molar-refractivity contribution in [3.05, 3.63) is 90.1 Å². The quantitative estimate of drug-likeness (QED) is 0.345. The summed E-state index contributed by atoms with van der Waals surface area (Å²) >= 11 is 0. The van der Waals surface area contributed by atoms with Crippen LogP contribution >= 0.6 is 0 Å². The lowest BCUT2D eigenvalue weighted by molar-refractivity contribution is 0.631. The minimum Gasteiger partial charge on any atom is -0.456 e. The molecule has 27 heavy (non-hydrogen) atoms. The first kappa shape index (κ1) is 15.8. The van der Waals surface area contributed by atoms with Crippen molar-refractivity contribution >= 4 is 21.7 Å². The van der Waals surface area contributed by atoms with Crippen molar-refractivity contribution in [3.8, 4) is 22.6 Å². The maximum Gasteiger partial charge on any atom is 0.135 e. The molecule has 5 rings (SSSR count). The number of pyridine rings is 1. The first-order valence-corrected chi connectivity index (χ1v) is 9.14. The molecular formula is C25H19NO. The standard InChI is InChI=1S/C25H19NO/c1-16-11-17(2)13-21(12-16)25-22-8-7-20(14-18(22)9-10-26-25)24-15-19-5-3-4-6-23(19)27-24/h3-15H,1-2H3. The third kappa shape index (κ3) is 2.80. The van der Waals surface area contributed by atoms with E-state index in [9.17, 15) is 0 Å². The number of aryl methyl sites for hydroxylation is 2. The molecule has 0 radical (unpaired) electrons. The van der Waals surface area contributed by atoms with E-state index < -0.39 is 0 Å². The van der Waals surface area contributed by atoms with Crippen LogP contribution in [0.1, 0.15) is 11.1 Å². The van der Waals surface area contributed by atoms with Gasteiger partial charge in [0.25, 0.3) is 0 Å². The van der Waals surface area contributed by atoms with Gasteiger partial charge in [-0.2, -0.15) is 0 Å². The Bertz CT molecular complexity index is 1240. The van der Waals surface area contributed by atoms with Gasteiger partial charge in [0.15, 0.2) is 0 Å². The van der Waals surface area contributed by atoms with Gasteiger partial charge in [-0.3, -0.25) is 4.98 Å². The van der Waals surface area contributed by atoms with Gasteiger partial charge in [0.2, 0.25) is 0 Å². The Balaban J connectivity index is 1.67. The molecule has 0 atom stereocenters. The highest BCUT2D eigenvalue weighted by molar-refractivity contribution is 5.97. The third-order valence-corrected chi connectivity index (χ3v) is 4.97. The van der Waals surface area contributed by atoms with E-state index in [1.54, 1.807) is 0 Å². The van der Waals surface area contributed by atoms with Crippen LogP contribution in [-0.2, 0) is 0 Å². The van der Waals surface area contributed by atoms with Gasteiger partial charge in [0.05, 0.1) is 5.69 Å². The van der Waals surface area contributed by atoms with E-state index in [1.165, 1.54) is 11.1 Å². The normalized spacial score (nSPS) is 11.3. The molecule has 0 saturated heterocycles. The lowest BCUT2D eigenvalue weighted by Gasteiger charge is -2.09. The van der Waals surface area contributed by atoms with E-state index >= 15 is 0 Å². The van der Waals surface area contributed by atoms with E-state index in [4.69, 9.17) is 4.42 Å². The molecule has 130 valence electrons. The second-order valence-corrected chi connectivity index (χ2v) is 7.12. The molecule has 5 aromatic rings. The summed E-state index contributed by atoms with van der Waals surface area (Å²) in [7, 11) is 0. The van der Waals surface area contributed by atoms with Gasteiger partial charge in [-0.15, -0.1) is 0 Å². The third-order valence-electron chi connectivity index (χ3n) is 4.97. The molecule has 0 fully saturated rings. The molecule has 0 aliphatic heterocycles. The fourth-order valence-electron chi connectivity index (χ4n) is 3.80. The second kappa shape index (κ2) is 6.10. The number of hydrogen-bond acceptors (Lipinski definition) is 2. The van der Waals surface area contributed by atoms with E-state index in [-0.39, 0.29) is 0 Å². The molecule has 0 amide bonds. The van der Waals surface area contributed by atoms with Crippen LogP contribution in [0.3, 0.4) is 0 Å². The average Bonchev–Trinajstić information content (AvgIpc) is 3.10. The SMILES string of the molecule is Cc1cc(C)cc(-c2nccc3cc(-c4cc5ccccc5o4)ccc23)c1. The Labute approximate surface area is 158 Å². The van der Waals surface area contributed by atoms with Crippen LogP contribution in [0, 0.1) is 13.8 Å². The lowest BCUT2D eigenvalue weighted by Crippen LogP contribution is -1.89. The smallest absolute Gasteiger partial charge is 0.135 e. The van der Waals surface area contributed by atoms with Gasteiger partial charge in [0, 0.05) is 28.1 Å². The number of benzene rings is 3. The van der Waals surface area contributed by atoms with Crippen molar-refractivity contribution in [2.75, 3.05) is 0 Å². The first-order valence-electron chi connectivity index (χ1n) is 9.14. The molecule has 0 bridgehead atoms. The van der Waals surface area contributed by atoms with Gasteiger partial charge >= 0.3 is 0 Å². The number of para-hydroxylation sites is 1. The summed E-state index contributed by atoms with van der Waals surface area (Å²) in [4.78, 5) is 4.67. The molecule has 0 aliphatic carbocycles. The Kier molecular flexibility index (Phi) is 3.58. The molecule has 0 saturated carbocycles. The van der Waals surface area contributed by atoms with Crippen LogP contribution < -0.4 is 0 Å². The Morgan fingerprint density at radius 3 is 2.33 bits per heavy atom. The zero-order valence-electron chi connectivity index (χ0n) is 15.4. The van der Waals surface area contributed by atoms with Crippen LogP contribution in [0.2, 0.25) is 0 Å². The van der Waals surface area contributed by atoms with Crippen molar-refractivity contribution in [3.63, 3.8) is 0 Å². The molecule has 3 aromatic carbocycles. The minimum atomic E-state index is 0.892. The van der Waals surface area contributed by atoms with Gasteiger partial charge in [-0.1, -0.05) is 47.5 Å². The van der Waals surface area contributed by atoms with E-state index in [0.717, 1.165) is 44.3 Å². The van der Waals surface area contributed by atoms with Crippen LogP contribution in [-0.4, -0.2) is 4.98 Å². The van der Waals surface area contributed by atoms with Crippen LogP contribution in [0.5, 0.6) is 0 Å². The molecule has 2 heteroatoms. The van der Waals surface area contributed by atoms with Crippen molar-refractivity contribution < 1.29 is 4.42 Å². The molecule has 2 aromatic heterocycles. The highest BCUT2D eigenvalue weighted by Crippen LogP contribution is 2.33. The van der Waals surface area contributed by atoms with Crippen LogP contribution in [0.25, 0.3) is 44.3 Å². The summed E-state index contributed by atoms with van der Waals surface area (Å²) in [6.45, 7) is 4.25. The highest BCUT2D eigenvalue weighted by atomic mass is 16.3. The van der Waals surface area contributed by atoms with Gasteiger partial charge in [0.1, 0.15) is 11.3 Å². The Morgan fingerprint density at radius 2 is 1.52 bits per heavy atom. The average molecular weight is 349 g/mol. The molecule has 2 heterocycles. The molecule has 0 spiro atoms. The molecule has 2 nitrogen and oxygen atoms in total. The summed E-state index contributed by atoms with van der Waals surface area (Å²) in [5.41, 5.74) is 6.69. The molecular weight excluding hydrogens is 330 g/mol. The summed E-state index contributed by atoms with van der Waals surface area (Å²) in [6, 6.07) is 25.3. The zero-order chi connectivity index (χ0) is 18.4. The van der Waals surface area contributed by atoms with Crippen molar-refractivity contribution in [2.24, 2.45) is 0 Å². The number of rotatable bonds is 2. The fourth-order valence-corrected chi connectivity index (χ4v) is 3.80. The fraction of sp³-hybridized carbons (Fsp3) is 0.0800. The maximum atomic E-state index is 6.03. The molecule has 0 unspecified atom stereocenters. The summed E-state index contributed by atoms with van der Waals surface area (Å²) in [6.07, 6.45) is 1.89. The molecule has 0 N–H and O–H groups in total. The van der Waals surface area contributed by atoms with E-state index in [0.29, 0.717) is 0 Å². The summed E-state index contributed by atoms with van der Waals surface area (Å²) < 4.78 is 6.03. The lowest BCUT2D eigenvalue weighted by atomic mass is 9.99. The number of hydrogen-bond donors (Lipinski definition) is 0. The number of aromatic nitrogens is 1. The summed E-state index contributed by atoms with van der Waals surface area (Å²) in [5.74, 6) is 0.892. The molecule has 0 aliphatic rings. The largest absolute Gasteiger partial charge is 0.456 e. The van der Waals surface area contributed by atoms with Crippen LogP contribution in [0.4, 0.5) is 0 Å². The zero-order valence-corrected chi connectivity index (χ0v) is 15.4. The number of nitrogens with zero attached hydrogens (tertiary/aromatic N) is 1. The van der Waals surface area contributed by atoms with Crippen molar-refractivity contribution in [1.82, 2.24) is 4.98 Å². The predicted molar refractivity (Wildman–Crippen MR) is 112 cm³/mol. The highest BCUT2D eigenvalue weighted by Gasteiger charge is 2.10. The van der Waals surface area contributed by atoms with Gasteiger partial charge in [-0.25, -0.2) is 0 Å². The number of furan rings is 1. The Morgan fingerprint density at radius 1 is 0.704 bits per heavy atom. The van der Waals surface area contributed by atoms with Gasteiger partial charge in [-0.05, 0) is 55.6 Å². The van der Waals surface area contributed by atoms with E-state index in [1.807, 2.05) is 24.4 Å². The monoisotopic (exact) mass is 349 g/mol. The van der Waals surface area contributed by atoms with Gasteiger partial charge < -0.3 is 4.42 Å². The van der Waals surface area contributed by atoms with Crippen molar-refractivity contribution in [1.29, 1.82) is 0 Å². The predicted octanol–water partition coefficient (Wildman–Crippen LogP) is 6.93. The van der Waals surface area contributed by atoms with Crippen molar-refractivity contribution in [2.45, 2.75) is 13.8 Å². The summed E-state index contributed by atoms with van der Waals surface area (Å²) in [5, 5.41) is 3.44. The topological polar surface area (TPSA) is 26.0 Å². The first-order chi connectivity index (χ1) is 13.2. The minimum absolute atomic E-state index is 0.892.